The smallest absolute Gasteiger partial charge is 0.0406 e. The van der Waals surface area contributed by atoms with Gasteiger partial charge in [0.15, 0.2) is 0 Å². The van der Waals surface area contributed by atoms with Gasteiger partial charge in [-0.05, 0) is 79.9 Å². The lowest BCUT2D eigenvalue weighted by molar-refractivity contribution is 0.250. The van der Waals surface area contributed by atoms with E-state index in [4.69, 9.17) is 11.6 Å². The van der Waals surface area contributed by atoms with Crippen LogP contribution in [-0.2, 0) is 0 Å². The van der Waals surface area contributed by atoms with E-state index in [1.165, 1.54) is 95.5 Å². The summed E-state index contributed by atoms with van der Waals surface area (Å²) in [4.78, 5) is 0. The van der Waals surface area contributed by atoms with E-state index >= 15 is 0 Å². The predicted molar refractivity (Wildman–Crippen MR) is 124 cm³/mol. The van der Waals surface area contributed by atoms with Crippen LogP contribution in [0.5, 0.6) is 0 Å². The molecule has 0 unspecified atom stereocenters. The van der Waals surface area contributed by atoms with E-state index in [0.29, 0.717) is 0 Å². The van der Waals surface area contributed by atoms with Crippen LogP contribution in [0.25, 0.3) is 0 Å². The molecule has 1 aromatic carbocycles. The van der Waals surface area contributed by atoms with Gasteiger partial charge in [-0.1, -0.05) is 94.2 Å². The quantitative estimate of drug-likeness (QED) is 0.286. The van der Waals surface area contributed by atoms with Crippen molar-refractivity contribution in [2.75, 3.05) is 0 Å². The molecule has 0 N–H and O–H groups in total. The van der Waals surface area contributed by atoms with Gasteiger partial charge in [-0.15, -0.1) is 0 Å². The monoisotopic (exact) mass is 400 g/mol. The normalized spacial score (nSPS) is 28.6. The minimum absolute atomic E-state index is 0.745. The fraction of sp³-hybridized carbons (Fsp3) is 0.704. The first-order valence-corrected chi connectivity index (χ1v) is 12.5. The van der Waals surface area contributed by atoms with E-state index < -0.39 is 0 Å². The Morgan fingerprint density at radius 3 is 2.11 bits per heavy atom. The lowest BCUT2D eigenvalue weighted by atomic mass is 9.77. The summed E-state index contributed by atoms with van der Waals surface area (Å²) in [5.74, 6) is 3.62. The summed E-state index contributed by atoms with van der Waals surface area (Å²) in [5.41, 5.74) is 1.48. The molecule has 0 amide bonds. The second-order valence-electron chi connectivity index (χ2n) is 9.55. The molecule has 0 spiro atoms. The highest BCUT2D eigenvalue weighted by atomic mass is 35.5. The maximum atomic E-state index is 6.02. The summed E-state index contributed by atoms with van der Waals surface area (Å²) in [6, 6.07) is 8.53. The van der Waals surface area contributed by atoms with Crippen LogP contribution in [0.2, 0.25) is 5.02 Å². The molecule has 0 heterocycles. The van der Waals surface area contributed by atoms with E-state index in [-0.39, 0.29) is 0 Å². The van der Waals surface area contributed by atoms with Crippen molar-refractivity contribution in [3.8, 4) is 0 Å². The highest BCUT2D eigenvalue weighted by molar-refractivity contribution is 6.30. The molecule has 2 saturated carbocycles. The van der Waals surface area contributed by atoms with Gasteiger partial charge in [0, 0.05) is 5.02 Å². The lowest BCUT2D eigenvalue weighted by Crippen LogP contribution is -2.14. The minimum Gasteiger partial charge on any atom is -0.0882 e. The number of halogens is 1. The molecule has 0 nitrogen and oxygen atoms in total. The van der Waals surface area contributed by atoms with Gasteiger partial charge in [-0.25, -0.2) is 0 Å². The molecule has 0 radical (unpaired) electrons. The van der Waals surface area contributed by atoms with Crippen LogP contribution in [0.3, 0.4) is 0 Å². The first-order chi connectivity index (χ1) is 13.7. The molecule has 0 aliphatic heterocycles. The van der Waals surface area contributed by atoms with Crippen molar-refractivity contribution in [1.82, 2.24) is 0 Å². The minimum atomic E-state index is 0.745. The van der Waals surface area contributed by atoms with Crippen LogP contribution in [-0.4, -0.2) is 0 Å². The highest BCUT2D eigenvalue weighted by Crippen LogP contribution is 2.37. The Bertz CT molecular complexity index is 556. The number of rotatable bonds is 9. The maximum Gasteiger partial charge on any atom is 0.0406 e. The predicted octanol–water partition coefficient (Wildman–Crippen LogP) is 9.34. The van der Waals surface area contributed by atoms with Crippen LogP contribution in [0.4, 0.5) is 0 Å². The van der Waals surface area contributed by atoms with Crippen molar-refractivity contribution in [2.45, 2.75) is 103 Å². The Hall–Kier alpha value is -0.750. The number of benzene rings is 1. The summed E-state index contributed by atoms with van der Waals surface area (Å²) >= 11 is 6.02. The summed E-state index contributed by atoms with van der Waals surface area (Å²) in [6.45, 7) is 2.32. The van der Waals surface area contributed by atoms with Gasteiger partial charge in [0.05, 0.1) is 0 Å². The molecule has 2 aliphatic carbocycles. The largest absolute Gasteiger partial charge is 0.0882 e. The second kappa shape index (κ2) is 12.1. The fourth-order valence-corrected chi connectivity index (χ4v) is 5.62. The van der Waals surface area contributed by atoms with Crippen molar-refractivity contribution in [1.29, 1.82) is 0 Å². The first-order valence-electron chi connectivity index (χ1n) is 12.2. The van der Waals surface area contributed by atoms with Crippen molar-refractivity contribution < 1.29 is 0 Å². The van der Waals surface area contributed by atoms with E-state index in [2.05, 4.69) is 31.2 Å². The van der Waals surface area contributed by atoms with Crippen LogP contribution < -0.4 is 0 Å². The Balaban J connectivity index is 1.27. The van der Waals surface area contributed by atoms with Crippen molar-refractivity contribution in [3.05, 3.63) is 47.0 Å². The number of hydrogen-bond acceptors (Lipinski definition) is 0. The molecule has 0 atom stereocenters. The van der Waals surface area contributed by atoms with E-state index in [9.17, 15) is 0 Å². The molecule has 1 heteroatoms. The topological polar surface area (TPSA) is 0 Å². The average Bonchev–Trinajstić information content (AvgIpc) is 2.73. The Morgan fingerprint density at radius 1 is 0.821 bits per heavy atom. The van der Waals surface area contributed by atoms with Crippen molar-refractivity contribution in [2.24, 2.45) is 17.8 Å². The van der Waals surface area contributed by atoms with Crippen molar-refractivity contribution in [3.63, 3.8) is 0 Å². The molecule has 3 rings (SSSR count). The third-order valence-electron chi connectivity index (χ3n) is 7.45. The van der Waals surface area contributed by atoms with Crippen LogP contribution >= 0.6 is 11.6 Å². The SMILES string of the molecule is CCCCCC1CCC(CC/C=C/C2CCC(c3ccc(Cl)cc3)CC2)CC1. The molecule has 0 aromatic heterocycles. The molecular weight excluding hydrogens is 360 g/mol. The Kier molecular flexibility index (Phi) is 9.45. The third kappa shape index (κ3) is 7.25. The summed E-state index contributed by atoms with van der Waals surface area (Å²) in [5, 5.41) is 0.852. The average molecular weight is 401 g/mol. The van der Waals surface area contributed by atoms with E-state index in [0.717, 1.165) is 28.7 Å². The number of allylic oxidation sites excluding steroid dienone is 2. The maximum absolute atomic E-state index is 6.02. The summed E-state index contributed by atoms with van der Waals surface area (Å²) < 4.78 is 0. The third-order valence-corrected chi connectivity index (χ3v) is 7.70. The summed E-state index contributed by atoms with van der Waals surface area (Å²) in [6.07, 6.45) is 24.9. The van der Waals surface area contributed by atoms with Gasteiger partial charge >= 0.3 is 0 Å². The molecule has 2 fully saturated rings. The fourth-order valence-electron chi connectivity index (χ4n) is 5.49. The van der Waals surface area contributed by atoms with Crippen LogP contribution in [0, 0.1) is 17.8 Å². The molecule has 28 heavy (non-hydrogen) atoms. The molecule has 156 valence electrons. The zero-order valence-corrected chi connectivity index (χ0v) is 18.8. The molecule has 2 aliphatic rings. The summed E-state index contributed by atoms with van der Waals surface area (Å²) in [7, 11) is 0. The van der Waals surface area contributed by atoms with Gasteiger partial charge in [0.2, 0.25) is 0 Å². The van der Waals surface area contributed by atoms with Gasteiger partial charge < -0.3 is 0 Å². The van der Waals surface area contributed by atoms with Gasteiger partial charge in [0.1, 0.15) is 0 Å². The van der Waals surface area contributed by atoms with Crippen molar-refractivity contribution >= 4 is 11.6 Å². The van der Waals surface area contributed by atoms with Gasteiger partial charge in [-0.2, -0.15) is 0 Å². The van der Waals surface area contributed by atoms with Gasteiger partial charge in [0.25, 0.3) is 0 Å². The first kappa shape index (κ1) is 21.9. The zero-order chi connectivity index (χ0) is 19.6. The lowest BCUT2D eigenvalue weighted by Gasteiger charge is -2.28. The highest BCUT2D eigenvalue weighted by Gasteiger charge is 2.22. The van der Waals surface area contributed by atoms with E-state index in [1.54, 1.807) is 0 Å². The molecule has 0 bridgehead atoms. The molecule has 0 saturated heterocycles. The number of hydrogen-bond donors (Lipinski definition) is 0. The molecule has 1 aromatic rings. The van der Waals surface area contributed by atoms with Crippen LogP contribution in [0.1, 0.15) is 108 Å². The zero-order valence-electron chi connectivity index (χ0n) is 18.1. The van der Waals surface area contributed by atoms with E-state index in [1.807, 2.05) is 12.1 Å². The second-order valence-corrected chi connectivity index (χ2v) is 9.99. The Morgan fingerprint density at radius 2 is 1.46 bits per heavy atom. The van der Waals surface area contributed by atoms with Gasteiger partial charge in [-0.3, -0.25) is 0 Å². The van der Waals surface area contributed by atoms with Crippen LogP contribution in [0.15, 0.2) is 36.4 Å². The standard InChI is InChI=1S/C27H41Cl/c1-2-3-4-7-22-10-12-23(13-11-22)8-5-6-9-24-14-16-25(17-15-24)26-18-20-27(28)21-19-26/h6,9,18-25H,2-5,7-8,10-17H2,1H3/b9-6+. The molecular formula is C27H41Cl. The Labute approximate surface area is 179 Å². The number of unbranched alkanes of at least 4 members (excludes halogenated alkanes) is 2.